The standard InChI is InChI=1S/C28H20F7N3O3/c1-41-26(40)23(14-16-2-4-17(5-3-16)18-6-8-19(9-7-18)27(30,31)32)37-25(39)22-15-36-38(24(22)28(33,34)35)21-12-10-20(29)11-13-21/h2-13,15,23H,14H2,1H3,(H,37,39). The summed E-state index contributed by atoms with van der Waals surface area (Å²) in [4.78, 5) is 25.4. The summed E-state index contributed by atoms with van der Waals surface area (Å²) in [6, 6.07) is 13.4. The molecule has 1 unspecified atom stereocenters. The molecule has 0 bridgehead atoms. The molecule has 4 aromatic rings. The molecule has 0 radical (unpaired) electrons. The highest BCUT2D eigenvalue weighted by Crippen LogP contribution is 2.34. The van der Waals surface area contributed by atoms with Crippen LogP contribution in [0.2, 0.25) is 0 Å². The number of aromatic nitrogens is 2. The lowest BCUT2D eigenvalue weighted by molar-refractivity contribution is -0.143. The molecule has 0 aliphatic rings. The summed E-state index contributed by atoms with van der Waals surface area (Å²) in [6.07, 6.45) is -8.99. The van der Waals surface area contributed by atoms with Crippen molar-refractivity contribution in [3.05, 3.63) is 107 Å². The summed E-state index contributed by atoms with van der Waals surface area (Å²) in [5.74, 6) is -2.85. The number of halogens is 7. The van der Waals surface area contributed by atoms with E-state index in [-0.39, 0.29) is 12.1 Å². The van der Waals surface area contributed by atoms with E-state index >= 15 is 0 Å². The minimum atomic E-state index is -5.04. The quantitative estimate of drug-likeness (QED) is 0.208. The van der Waals surface area contributed by atoms with Gasteiger partial charge < -0.3 is 10.1 Å². The molecule has 4 rings (SSSR count). The number of esters is 1. The lowest BCUT2D eigenvalue weighted by Gasteiger charge is -2.18. The van der Waals surface area contributed by atoms with Crippen LogP contribution in [0.3, 0.4) is 0 Å². The number of alkyl halides is 6. The summed E-state index contributed by atoms with van der Waals surface area (Å²) in [7, 11) is 1.04. The van der Waals surface area contributed by atoms with Gasteiger partial charge in [0.15, 0.2) is 5.69 Å². The molecule has 0 spiro atoms. The minimum absolute atomic E-state index is 0.143. The van der Waals surface area contributed by atoms with Crippen LogP contribution in [-0.4, -0.2) is 34.8 Å². The van der Waals surface area contributed by atoms with Gasteiger partial charge in [0.25, 0.3) is 5.91 Å². The second kappa shape index (κ2) is 11.4. The van der Waals surface area contributed by atoms with Crippen molar-refractivity contribution in [3.63, 3.8) is 0 Å². The van der Waals surface area contributed by atoms with Crippen molar-refractivity contribution in [2.75, 3.05) is 7.11 Å². The van der Waals surface area contributed by atoms with Crippen LogP contribution >= 0.6 is 0 Å². The topological polar surface area (TPSA) is 73.2 Å². The van der Waals surface area contributed by atoms with Gasteiger partial charge in [-0.25, -0.2) is 13.9 Å². The van der Waals surface area contributed by atoms with Crippen molar-refractivity contribution in [3.8, 4) is 16.8 Å². The second-order valence-electron chi connectivity index (χ2n) is 8.82. The van der Waals surface area contributed by atoms with Gasteiger partial charge in [0, 0.05) is 6.42 Å². The van der Waals surface area contributed by atoms with Crippen LogP contribution in [0.1, 0.15) is 27.2 Å². The van der Waals surface area contributed by atoms with Crippen molar-refractivity contribution in [2.45, 2.75) is 24.8 Å². The van der Waals surface area contributed by atoms with E-state index in [2.05, 4.69) is 10.4 Å². The van der Waals surface area contributed by atoms with Gasteiger partial charge in [-0.15, -0.1) is 0 Å². The predicted octanol–water partition coefficient (Wildman–Crippen LogP) is 6.23. The maximum atomic E-state index is 14.0. The zero-order chi connectivity index (χ0) is 29.9. The second-order valence-corrected chi connectivity index (χ2v) is 8.82. The van der Waals surface area contributed by atoms with Crippen molar-refractivity contribution in [1.29, 1.82) is 0 Å². The normalized spacial score (nSPS) is 12.6. The largest absolute Gasteiger partial charge is 0.467 e. The predicted molar refractivity (Wildman–Crippen MR) is 132 cm³/mol. The number of benzene rings is 3. The zero-order valence-corrected chi connectivity index (χ0v) is 21.1. The molecular weight excluding hydrogens is 559 g/mol. The molecule has 6 nitrogen and oxygen atoms in total. The van der Waals surface area contributed by atoms with Gasteiger partial charge in [0.05, 0.1) is 30.1 Å². The molecule has 1 heterocycles. The summed E-state index contributed by atoms with van der Waals surface area (Å²) in [5.41, 5.74) is -1.68. The molecule has 3 aromatic carbocycles. The van der Waals surface area contributed by atoms with Gasteiger partial charge >= 0.3 is 18.3 Å². The Labute approximate surface area is 228 Å². The summed E-state index contributed by atoms with van der Waals surface area (Å²) in [5, 5.41) is 5.90. The van der Waals surface area contributed by atoms with Crippen LogP contribution in [0.15, 0.2) is 79.0 Å². The summed E-state index contributed by atoms with van der Waals surface area (Å²) in [6.45, 7) is 0. The molecule has 0 aliphatic carbocycles. The first-order valence-corrected chi connectivity index (χ1v) is 11.8. The summed E-state index contributed by atoms with van der Waals surface area (Å²) < 4.78 is 98.8. The van der Waals surface area contributed by atoms with Crippen molar-refractivity contribution < 1.29 is 45.1 Å². The number of rotatable bonds is 7. The van der Waals surface area contributed by atoms with Gasteiger partial charge in [0.1, 0.15) is 11.9 Å². The van der Waals surface area contributed by atoms with E-state index < -0.39 is 52.9 Å². The molecule has 0 saturated carbocycles. The van der Waals surface area contributed by atoms with E-state index in [9.17, 15) is 40.3 Å². The molecular formula is C28H20F7N3O3. The maximum absolute atomic E-state index is 14.0. The van der Waals surface area contributed by atoms with Crippen LogP contribution in [0.4, 0.5) is 30.7 Å². The van der Waals surface area contributed by atoms with E-state index in [1.807, 2.05) is 0 Å². The van der Waals surface area contributed by atoms with Gasteiger partial charge in [-0.1, -0.05) is 36.4 Å². The number of methoxy groups -OCH3 is 1. The Balaban J connectivity index is 1.55. The third kappa shape index (κ3) is 6.73. The van der Waals surface area contributed by atoms with E-state index in [1.165, 1.54) is 12.1 Å². The third-order valence-corrected chi connectivity index (χ3v) is 6.08. The molecule has 0 aliphatic heterocycles. The Hall–Kier alpha value is -4.68. The first kappa shape index (κ1) is 29.3. The van der Waals surface area contributed by atoms with Crippen LogP contribution in [0, 0.1) is 5.82 Å². The maximum Gasteiger partial charge on any atom is 0.434 e. The smallest absolute Gasteiger partial charge is 0.434 e. The van der Waals surface area contributed by atoms with Crippen molar-refractivity contribution in [2.24, 2.45) is 0 Å². The summed E-state index contributed by atoms with van der Waals surface area (Å²) >= 11 is 0. The minimum Gasteiger partial charge on any atom is -0.467 e. The van der Waals surface area contributed by atoms with Crippen LogP contribution in [0.5, 0.6) is 0 Å². The molecule has 1 atom stereocenters. The molecule has 13 heteroatoms. The number of amides is 1. The van der Waals surface area contributed by atoms with E-state index in [1.54, 1.807) is 24.3 Å². The van der Waals surface area contributed by atoms with Crippen LogP contribution < -0.4 is 5.32 Å². The number of carbonyl (C=O) groups is 2. The fraction of sp³-hybridized carbons (Fsp3) is 0.179. The highest BCUT2D eigenvalue weighted by molar-refractivity contribution is 5.98. The fourth-order valence-electron chi connectivity index (χ4n) is 4.06. The average Bonchev–Trinajstić information content (AvgIpc) is 3.39. The number of nitrogens with zero attached hydrogens (tertiary/aromatic N) is 2. The Morgan fingerprint density at radius 2 is 1.41 bits per heavy atom. The molecule has 0 saturated heterocycles. The number of carbonyl (C=O) groups excluding carboxylic acids is 2. The first-order valence-electron chi connectivity index (χ1n) is 11.8. The van der Waals surface area contributed by atoms with Gasteiger partial charge in [-0.2, -0.15) is 31.4 Å². The number of nitrogens with one attached hydrogen (secondary N) is 1. The molecule has 1 aromatic heterocycles. The fourth-order valence-corrected chi connectivity index (χ4v) is 4.06. The monoisotopic (exact) mass is 579 g/mol. The highest BCUT2D eigenvalue weighted by atomic mass is 19.4. The highest BCUT2D eigenvalue weighted by Gasteiger charge is 2.41. The molecule has 0 fully saturated rings. The number of hydrogen-bond donors (Lipinski definition) is 1. The zero-order valence-electron chi connectivity index (χ0n) is 21.1. The Morgan fingerprint density at radius 1 is 0.854 bits per heavy atom. The van der Waals surface area contributed by atoms with E-state index in [0.29, 0.717) is 27.6 Å². The van der Waals surface area contributed by atoms with E-state index in [0.717, 1.165) is 43.5 Å². The van der Waals surface area contributed by atoms with Gasteiger partial charge in [-0.05, 0) is 53.1 Å². The Bertz CT molecular complexity index is 1530. The van der Waals surface area contributed by atoms with E-state index in [4.69, 9.17) is 4.74 Å². The Morgan fingerprint density at radius 3 is 1.93 bits per heavy atom. The van der Waals surface area contributed by atoms with Crippen LogP contribution in [-0.2, 0) is 28.3 Å². The molecule has 41 heavy (non-hydrogen) atoms. The molecule has 1 amide bonds. The lowest BCUT2D eigenvalue weighted by atomic mass is 9.99. The average molecular weight is 579 g/mol. The van der Waals surface area contributed by atoms with Crippen molar-refractivity contribution in [1.82, 2.24) is 15.1 Å². The third-order valence-electron chi connectivity index (χ3n) is 6.08. The first-order chi connectivity index (χ1) is 19.3. The van der Waals surface area contributed by atoms with Gasteiger partial charge in [0.2, 0.25) is 0 Å². The SMILES string of the molecule is COC(=O)C(Cc1ccc(-c2ccc(C(F)(F)F)cc2)cc1)NC(=O)c1cnn(-c2ccc(F)cc2)c1C(F)(F)F. The lowest BCUT2D eigenvalue weighted by Crippen LogP contribution is -2.43. The molecule has 1 N–H and O–H groups in total. The number of ether oxygens (including phenoxy) is 1. The van der Waals surface area contributed by atoms with Crippen molar-refractivity contribution >= 4 is 11.9 Å². The Kier molecular flexibility index (Phi) is 8.17. The van der Waals surface area contributed by atoms with Crippen LogP contribution in [0.25, 0.3) is 16.8 Å². The molecule has 214 valence electrons. The number of hydrogen-bond acceptors (Lipinski definition) is 4. The van der Waals surface area contributed by atoms with Gasteiger partial charge in [-0.3, -0.25) is 4.79 Å².